The van der Waals surface area contributed by atoms with Crippen molar-refractivity contribution in [2.45, 2.75) is 51.0 Å². The quantitative estimate of drug-likeness (QED) is 0.279. The number of halogens is 1. The van der Waals surface area contributed by atoms with Crippen LogP contribution < -0.4 is 4.74 Å². The number of nitrogens with one attached hydrogen (secondary N) is 1. The Hall–Kier alpha value is -3.93. The highest BCUT2D eigenvalue weighted by Crippen LogP contribution is 2.27. The van der Waals surface area contributed by atoms with Crippen molar-refractivity contribution in [3.63, 3.8) is 0 Å². The summed E-state index contributed by atoms with van der Waals surface area (Å²) in [4.78, 5) is 16.6. The van der Waals surface area contributed by atoms with Crippen molar-refractivity contribution in [3.05, 3.63) is 77.0 Å². The molecule has 2 aromatic carbocycles. The Bertz CT molecular complexity index is 1610. The summed E-state index contributed by atoms with van der Waals surface area (Å²) in [5, 5.41) is 15.2. The van der Waals surface area contributed by atoms with Gasteiger partial charge >= 0.3 is 0 Å². The van der Waals surface area contributed by atoms with Crippen molar-refractivity contribution in [2.75, 3.05) is 19.7 Å². The predicted octanol–water partition coefficient (Wildman–Crippen LogP) is 4.08. The lowest BCUT2D eigenvalue weighted by Gasteiger charge is -2.32. The molecule has 5 aromatic rings. The van der Waals surface area contributed by atoms with Crippen LogP contribution >= 0.6 is 11.6 Å². The van der Waals surface area contributed by atoms with Crippen molar-refractivity contribution in [1.82, 2.24) is 45.0 Å². The Morgan fingerprint density at radius 1 is 1.02 bits per heavy atom. The number of benzene rings is 2. The van der Waals surface area contributed by atoms with E-state index in [1.165, 1.54) is 0 Å². The largest absolute Gasteiger partial charge is 0.474 e. The van der Waals surface area contributed by atoms with Gasteiger partial charge in [0.1, 0.15) is 17.8 Å². The number of fused-ring (bicyclic) bond motifs is 1. The first-order valence-electron chi connectivity index (χ1n) is 14.0. The number of hydrogen-bond acceptors (Lipinski definition) is 9. The SMILES string of the molecule is Clc1ccc(Cc2nccc(OC3CCN(Cc4nc5cc(-c6nn[nH]n6)ccc5n4CC4CCO4)CC3)n2)cc1. The van der Waals surface area contributed by atoms with Crippen LogP contribution in [0.15, 0.2) is 54.7 Å². The molecule has 7 rings (SSSR count). The molecule has 2 saturated heterocycles. The lowest BCUT2D eigenvalue weighted by atomic mass is 10.1. The zero-order valence-corrected chi connectivity index (χ0v) is 23.2. The van der Waals surface area contributed by atoms with Crippen molar-refractivity contribution < 1.29 is 9.47 Å². The van der Waals surface area contributed by atoms with Crippen molar-refractivity contribution >= 4 is 22.6 Å². The molecule has 2 aliphatic heterocycles. The van der Waals surface area contributed by atoms with Crippen molar-refractivity contribution in [3.8, 4) is 17.3 Å². The summed E-state index contributed by atoms with van der Waals surface area (Å²) in [6, 6.07) is 15.7. The maximum absolute atomic E-state index is 6.29. The molecule has 1 atom stereocenters. The van der Waals surface area contributed by atoms with Gasteiger partial charge in [-0.15, -0.1) is 10.2 Å². The molecule has 0 radical (unpaired) electrons. The van der Waals surface area contributed by atoms with Gasteiger partial charge in [-0.25, -0.2) is 9.97 Å². The maximum atomic E-state index is 6.29. The number of aromatic amines is 1. The molecule has 3 aromatic heterocycles. The van der Waals surface area contributed by atoms with Crippen LogP contribution in [-0.4, -0.2) is 76.9 Å². The molecule has 1 N–H and O–H groups in total. The fraction of sp³-hybridized carbons (Fsp3) is 0.379. The van der Waals surface area contributed by atoms with E-state index >= 15 is 0 Å². The Kier molecular flexibility index (Phi) is 7.30. The molecule has 2 fully saturated rings. The number of ether oxygens (including phenoxy) is 2. The third-order valence-electron chi connectivity index (χ3n) is 7.75. The number of hydrogen-bond donors (Lipinski definition) is 1. The highest BCUT2D eigenvalue weighted by Gasteiger charge is 2.26. The third-order valence-corrected chi connectivity index (χ3v) is 8.00. The van der Waals surface area contributed by atoms with E-state index in [1.54, 1.807) is 6.20 Å². The second-order valence-corrected chi connectivity index (χ2v) is 11.0. The lowest BCUT2D eigenvalue weighted by Crippen LogP contribution is -2.39. The minimum Gasteiger partial charge on any atom is -0.474 e. The number of tetrazole rings is 1. The van der Waals surface area contributed by atoms with E-state index < -0.39 is 0 Å². The monoisotopic (exact) mass is 571 g/mol. The summed E-state index contributed by atoms with van der Waals surface area (Å²) in [5.41, 5.74) is 4.03. The van der Waals surface area contributed by atoms with E-state index in [-0.39, 0.29) is 12.2 Å². The van der Waals surface area contributed by atoms with Gasteiger partial charge in [-0.2, -0.15) is 10.2 Å². The van der Waals surface area contributed by atoms with Gasteiger partial charge in [0.15, 0.2) is 0 Å². The normalized spacial score (nSPS) is 18.0. The summed E-state index contributed by atoms with van der Waals surface area (Å²) in [6.45, 7) is 4.25. The van der Waals surface area contributed by atoms with E-state index in [0.29, 0.717) is 18.1 Å². The van der Waals surface area contributed by atoms with Gasteiger partial charge in [-0.3, -0.25) is 4.90 Å². The molecular formula is C29H30ClN9O2. The first-order chi connectivity index (χ1) is 20.2. The van der Waals surface area contributed by atoms with Gasteiger partial charge in [-0.05, 0) is 60.4 Å². The van der Waals surface area contributed by atoms with Crippen LogP contribution in [0.4, 0.5) is 0 Å². The minimum absolute atomic E-state index is 0.115. The van der Waals surface area contributed by atoms with Crippen molar-refractivity contribution in [1.29, 1.82) is 0 Å². The number of likely N-dealkylation sites (tertiary alicyclic amines) is 1. The van der Waals surface area contributed by atoms with E-state index in [1.807, 2.05) is 42.5 Å². The van der Waals surface area contributed by atoms with Gasteiger partial charge < -0.3 is 14.0 Å². The summed E-state index contributed by atoms with van der Waals surface area (Å²) in [6.07, 6.45) is 5.67. The lowest BCUT2D eigenvalue weighted by molar-refractivity contribution is -0.0592. The molecule has 41 heavy (non-hydrogen) atoms. The summed E-state index contributed by atoms with van der Waals surface area (Å²) in [5.74, 6) is 2.97. The van der Waals surface area contributed by atoms with Crippen LogP contribution in [0, 0.1) is 0 Å². The molecule has 11 nitrogen and oxygen atoms in total. The van der Waals surface area contributed by atoms with Gasteiger partial charge in [0, 0.05) is 49.0 Å². The van der Waals surface area contributed by atoms with Crippen LogP contribution in [0.5, 0.6) is 5.88 Å². The van der Waals surface area contributed by atoms with Gasteiger partial charge in [0.25, 0.3) is 0 Å². The second-order valence-electron chi connectivity index (χ2n) is 10.6. The fourth-order valence-corrected chi connectivity index (χ4v) is 5.56. The molecular weight excluding hydrogens is 542 g/mol. The molecule has 0 bridgehead atoms. The minimum atomic E-state index is 0.115. The standard InChI is InChI=1S/C29H30ClN9O2/c30-21-4-1-19(2-5-21)15-26-31-11-7-28(33-26)41-22-8-12-38(13-9-22)18-27-32-24-16-20(29-34-36-37-35-29)3-6-25(24)39(27)17-23-10-14-40-23/h1-7,11,16,22-23H,8-10,12-15,17-18H2,(H,34,35,36,37). The molecule has 12 heteroatoms. The summed E-state index contributed by atoms with van der Waals surface area (Å²) < 4.78 is 14.4. The average molecular weight is 572 g/mol. The van der Waals surface area contributed by atoms with E-state index in [4.69, 9.17) is 26.1 Å². The Morgan fingerprint density at radius 2 is 1.88 bits per heavy atom. The third kappa shape index (κ3) is 5.92. The number of piperidine rings is 1. The number of rotatable bonds is 9. The zero-order chi connectivity index (χ0) is 27.6. The molecule has 5 heterocycles. The molecule has 0 amide bonds. The predicted molar refractivity (Wildman–Crippen MR) is 152 cm³/mol. The van der Waals surface area contributed by atoms with Gasteiger partial charge in [-0.1, -0.05) is 23.7 Å². The molecule has 0 aliphatic carbocycles. The van der Waals surface area contributed by atoms with Crippen LogP contribution in [0.25, 0.3) is 22.4 Å². The summed E-state index contributed by atoms with van der Waals surface area (Å²) in [7, 11) is 0. The zero-order valence-electron chi connectivity index (χ0n) is 22.5. The Morgan fingerprint density at radius 3 is 2.63 bits per heavy atom. The van der Waals surface area contributed by atoms with Crippen LogP contribution in [0.3, 0.4) is 0 Å². The molecule has 2 aliphatic rings. The first kappa shape index (κ1) is 26.0. The maximum Gasteiger partial charge on any atom is 0.216 e. The highest BCUT2D eigenvalue weighted by molar-refractivity contribution is 6.30. The van der Waals surface area contributed by atoms with E-state index in [0.717, 1.165) is 90.9 Å². The van der Waals surface area contributed by atoms with E-state index in [2.05, 4.69) is 46.1 Å². The Labute approximate surface area is 241 Å². The topological polar surface area (TPSA) is 120 Å². The molecule has 0 saturated carbocycles. The number of imidazole rings is 1. The number of H-pyrrole nitrogens is 1. The van der Waals surface area contributed by atoms with Crippen LogP contribution in [0.2, 0.25) is 5.02 Å². The average Bonchev–Trinajstić information content (AvgIpc) is 3.61. The number of aromatic nitrogens is 8. The first-order valence-corrected chi connectivity index (χ1v) is 14.3. The van der Waals surface area contributed by atoms with Crippen LogP contribution in [-0.2, 0) is 24.2 Å². The fourth-order valence-electron chi connectivity index (χ4n) is 5.43. The highest BCUT2D eigenvalue weighted by atomic mass is 35.5. The molecule has 210 valence electrons. The van der Waals surface area contributed by atoms with Crippen LogP contribution in [0.1, 0.15) is 36.5 Å². The Balaban J connectivity index is 1.00. The second kappa shape index (κ2) is 11.5. The number of nitrogens with zero attached hydrogens (tertiary/aromatic N) is 8. The molecule has 1 unspecified atom stereocenters. The van der Waals surface area contributed by atoms with Crippen molar-refractivity contribution in [2.24, 2.45) is 0 Å². The molecule has 0 spiro atoms. The van der Waals surface area contributed by atoms with E-state index in [9.17, 15) is 0 Å². The van der Waals surface area contributed by atoms with Gasteiger partial charge in [0.05, 0.1) is 30.2 Å². The van der Waals surface area contributed by atoms with Gasteiger partial charge in [0.2, 0.25) is 11.7 Å². The summed E-state index contributed by atoms with van der Waals surface area (Å²) >= 11 is 6.01. The smallest absolute Gasteiger partial charge is 0.216 e.